The zero-order valence-electron chi connectivity index (χ0n) is 14.1. The van der Waals surface area contributed by atoms with Crippen molar-refractivity contribution in [1.82, 2.24) is 9.88 Å². The molecule has 0 spiro atoms. The van der Waals surface area contributed by atoms with E-state index in [1.54, 1.807) is 6.20 Å². The second-order valence-corrected chi connectivity index (χ2v) is 8.59. The maximum atomic E-state index is 13.1. The summed E-state index contributed by atoms with van der Waals surface area (Å²) in [5.41, 5.74) is 2.75. The van der Waals surface area contributed by atoms with E-state index in [0.717, 1.165) is 25.7 Å². The molecule has 1 aromatic carbocycles. The molecule has 1 heterocycles. The fraction of sp³-hybridized carbons (Fsp3) is 0.474. The van der Waals surface area contributed by atoms with E-state index in [0.29, 0.717) is 15.5 Å². The van der Waals surface area contributed by atoms with Crippen LogP contribution in [0.3, 0.4) is 0 Å². The van der Waals surface area contributed by atoms with E-state index in [-0.39, 0.29) is 12.1 Å². The smallest absolute Gasteiger partial charge is 0.318 e. The summed E-state index contributed by atoms with van der Waals surface area (Å²) in [5.74, 6) is 0. The molecule has 0 unspecified atom stereocenters. The van der Waals surface area contributed by atoms with Crippen LogP contribution >= 0.6 is 22.9 Å². The van der Waals surface area contributed by atoms with Gasteiger partial charge in [0.2, 0.25) is 0 Å². The number of nitrogens with zero attached hydrogens (tertiary/aromatic N) is 2. The Kier molecular flexibility index (Phi) is 4.95. The molecular formula is C19H22ClN3OS. The molecule has 0 aliphatic heterocycles. The van der Waals surface area contributed by atoms with E-state index in [1.807, 2.05) is 0 Å². The van der Waals surface area contributed by atoms with Crippen molar-refractivity contribution < 1.29 is 4.79 Å². The Morgan fingerprint density at radius 2 is 1.80 bits per heavy atom. The van der Waals surface area contributed by atoms with Gasteiger partial charge in [0.05, 0.1) is 6.20 Å². The summed E-state index contributed by atoms with van der Waals surface area (Å²) in [6.45, 7) is 0. The van der Waals surface area contributed by atoms with Gasteiger partial charge in [-0.15, -0.1) is 0 Å². The van der Waals surface area contributed by atoms with Gasteiger partial charge in [-0.1, -0.05) is 66.5 Å². The van der Waals surface area contributed by atoms with Gasteiger partial charge in [-0.05, 0) is 36.8 Å². The largest absolute Gasteiger partial charge is 0.324 e. The lowest BCUT2D eigenvalue weighted by Gasteiger charge is -2.38. The van der Waals surface area contributed by atoms with Gasteiger partial charge >= 0.3 is 6.03 Å². The zero-order valence-corrected chi connectivity index (χ0v) is 15.7. The third-order valence-electron chi connectivity index (χ3n) is 5.32. The lowest BCUT2D eigenvalue weighted by molar-refractivity contribution is 0.136. The van der Waals surface area contributed by atoms with Gasteiger partial charge in [0.1, 0.15) is 4.34 Å². The third kappa shape index (κ3) is 3.67. The monoisotopic (exact) mass is 375 g/mol. The number of hydrogen-bond donors (Lipinski definition) is 1. The Balaban J connectivity index is 1.55. The Bertz CT molecular complexity index is 732. The quantitative estimate of drug-likeness (QED) is 0.808. The van der Waals surface area contributed by atoms with Crippen LogP contribution in [0.5, 0.6) is 0 Å². The molecular weight excluding hydrogens is 354 g/mol. The highest BCUT2D eigenvalue weighted by molar-refractivity contribution is 7.19. The van der Waals surface area contributed by atoms with Crippen LogP contribution in [0.1, 0.15) is 43.2 Å². The number of carbonyl (C=O) groups excluding carboxylic acids is 1. The summed E-state index contributed by atoms with van der Waals surface area (Å²) >= 11 is 7.26. The molecule has 1 N–H and O–H groups in total. The van der Waals surface area contributed by atoms with E-state index in [2.05, 4.69) is 39.5 Å². The minimum absolute atomic E-state index is 0.0317. The van der Waals surface area contributed by atoms with Crippen LogP contribution < -0.4 is 5.32 Å². The molecule has 2 aromatic rings. The molecule has 0 bridgehead atoms. The number of urea groups is 1. The van der Waals surface area contributed by atoms with Crippen LogP contribution in [-0.4, -0.2) is 28.0 Å². The van der Waals surface area contributed by atoms with E-state index < -0.39 is 0 Å². The molecule has 4 rings (SSSR count). The molecule has 0 atom stereocenters. The number of fused-ring (bicyclic) bond motifs is 1. The van der Waals surface area contributed by atoms with Crippen LogP contribution in [0.2, 0.25) is 4.34 Å². The van der Waals surface area contributed by atoms with Crippen molar-refractivity contribution in [2.45, 2.75) is 57.0 Å². The zero-order chi connectivity index (χ0) is 17.2. The number of anilines is 1. The molecule has 2 amide bonds. The second-order valence-electron chi connectivity index (χ2n) is 6.93. The van der Waals surface area contributed by atoms with Crippen molar-refractivity contribution in [2.24, 2.45) is 0 Å². The number of benzene rings is 1. The fourth-order valence-corrected chi connectivity index (χ4v) is 4.99. The number of hydrogen-bond acceptors (Lipinski definition) is 3. The predicted molar refractivity (Wildman–Crippen MR) is 102 cm³/mol. The van der Waals surface area contributed by atoms with E-state index in [1.165, 1.54) is 41.7 Å². The number of halogens is 1. The minimum atomic E-state index is -0.0317. The van der Waals surface area contributed by atoms with Crippen LogP contribution in [0.4, 0.5) is 9.93 Å². The maximum Gasteiger partial charge on any atom is 0.324 e. The Morgan fingerprint density at radius 1 is 1.12 bits per heavy atom. The fourth-order valence-electron chi connectivity index (χ4n) is 4.19. The molecule has 0 radical (unpaired) electrons. The van der Waals surface area contributed by atoms with Gasteiger partial charge in [-0.3, -0.25) is 5.32 Å². The molecule has 2 aliphatic carbocycles. The topological polar surface area (TPSA) is 45.2 Å². The predicted octanol–water partition coefficient (Wildman–Crippen LogP) is 5.13. The molecule has 1 fully saturated rings. The van der Waals surface area contributed by atoms with E-state index in [4.69, 9.17) is 11.6 Å². The Labute approximate surface area is 157 Å². The van der Waals surface area contributed by atoms with E-state index in [9.17, 15) is 4.79 Å². The maximum absolute atomic E-state index is 13.1. The van der Waals surface area contributed by atoms with Crippen molar-refractivity contribution in [3.05, 3.63) is 45.9 Å². The summed E-state index contributed by atoms with van der Waals surface area (Å²) in [6, 6.07) is 9.07. The van der Waals surface area contributed by atoms with E-state index >= 15 is 0 Å². The average Bonchev–Trinajstić information content (AvgIpc) is 3.22. The summed E-state index contributed by atoms with van der Waals surface area (Å²) < 4.78 is 0.591. The van der Waals surface area contributed by atoms with Crippen molar-refractivity contribution >= 4 is 34.1 Å². The van der Waals surface area contributed by atoms with Crippen LogP contribution in [0, 0.1) is 0 Å². The van der Waals surface area contributed by atoms with Crippen LogP contribution in [0.15, 0.2) is 30.5 Å². The lowest BCUT2D eigenvalue weighted by Crippen LogP contribution is -2.50. The van der Waals surface area contributed by atoms with Gasteiger partial charge in [0.25, 0.3) is 0 Å². The average molecular weight is 376 g/mol. The molecule has 4 nitrogen and oxygen atoms in total. The standard InChI is InChI=1S/C19H22ClN3OS/c20-17-12-21-18(25-17)22-19(24)23(15-8-2-1-3-9-15)16-10-13-6-4-5-7-14(13)11-16/h4-7,12,15-16H,1-3,8-11H2,(H,21,22,24). The third-order valence-corrected chi connectivity index (χ3v) is 6.35. The molecule has 2 aliphatic rings. The summed E-state index contributed by atoms with van der Waals surface area (Å²) in [4.78, 5) is 19.4. The summed E-state index contributed by atoms with van der Waals surface area (Å²) in [6.07, 6.45) is 9.35. The molecule has 132 valence electrons. The Morgan fingerprint density at radius 3 is 2.40 bits per heavy atom. The minimum Gasteiger partial charge on any atom is -0.318 e. The van der Waals surface area contributed by atoms with Crippen molar-refractivity contribution in [1.29, 1.82) is 0 Å². The van der Waals surface area contributed by atoms with Crippen LogP contribution in [0.25, 0.3) is 0 Å². The van der Waals surface area contributed by atoms with Crippen molar-refractivity contribution in [3.8, 4) is 0 Å². The lowest BCUT2D eigenvalue weighted by atomic mass is 9.93. The molecule has 25 heavy (non-hydrogen) atoms. The van der Waals surface area contributed by atoms with Crippen molar-refractivity contribution in [3.63, 3.8) is 0 Å². The van der Waals surface area contributed by atoms with Gasteiger partial charge < -0.3 is 4.90 Å². The number of thiazole rings is 1. The highest BCUT2D eigenvalue weighted by Crippen LogP contribution is 2.32. The first kappa shape index (κ1) is 16.9. The highest BCUT2D eigenvalue weighted by atomic mass is 35.5. The Hall–Kier alpha value is -1.59. The first-order chi connectivity index (χ1) is 12.2. The van der Waals surface area contributed by atoms with Crippen LogP contribution in [-0.2, 0) is 12.8 Å². The van der Waals surface area contributed by atoms with Gasteiger partial charge in [0.15, 0.2) is 5.13 Å². The van der Waals surface area contributed by atoms with Gasteiger partial charge in [-0.2, -0.15) is 0 Å². The number of rotatable bonds is 3. The molecule has 0 saturated heterocycles. The highest BCUT2D eigenvalue weighted by Gasteiger charge is 2.35. The number of amides is 2. The number of nitrogens with one attached hydrogen (secondary N) is 1. The first-order valence-electron chi connectivity index (χ1n) is 8.98. The second kappa shape index (κ2) is 7.34. The van der Waals surface area contributed by atoms with Gasteiger partial charge in [-0.25, -0.2) is 9.78 Å². The molecule has 1 saturated carbocycles. The SMILES string of the molecule is O=C(Nc1ncc(Cl)s1)N(C1CCCCC1)C1Cc2ccccc2C1. The van der Waals surface area contributed by atoms with Crippen molar-refractivity contribution in [2.75, 3.05) is 5.32 Å². The van der Waals surface area contributed by atoms with Gasteiger partial charge in [0, 0.05) is 12.1 Å². The summed E-state index contributed by atoms with van der Waals surface area (Å²) in [7, 11) is 0. The molecule has 1 aromatic heterocycles. The number of carbonyl (C=O) groups is 1. The number of aromatic nitrogens is 1. The normalized spacial score (nSPS) is 18.1. The summed E-state index contributed by atoms with van der Waals surface area (Å²) in [5, 5.41) is 3.55. The molecule has 6 heteroatoms. The first-order valence-corrected chi connectivity index (χ1v) is 10.2.